The molecule has 3 rings (SSSR count). The van der Waals surface area contributed by atoms with Gasteiger partial charge in [-0.05, 0) is 43.9 Å². The average Bonchev–Trinajstić information content (AvgIpc) is 3.17. The first-order chi connectivity index (χ1) is 11.6. The zero-order chi connectivity index (χ0) is 17.1. The molecule has 0 bridgehead atoms. The Morgan fingerprint density at radius 2 is 1.96 bits per heavy atom. The van der Waals surface area contributed by atoms with Gasteiger partial charge in [0, 0.05) is 5.56 Å². The highest BCUT2D eigenvalue weighted by Gasteiger charge is 2.32. The molecule has 1 heterocycles. The molecule has 1 aromatic rings. The Kier molecular flexibility index (Phi) is 4.69. The minimum absolute atomic E-state index is 0.0356. The van der Waals surface area contributed by atoms with Crippen molar-refractivity contribution in [2.45, 2.75) is 44.2 Å². The van der Waals surface area contributed by atoms with Crippen LogP contribution in [0.15, 0.2) is 18.2 Å². The zero-order valence-electron chi connectivity index (χ0n) is 13.5. The maximum Gasteiger partial charge on any atom is 0.252 e. The van der Waals surface area contributed by atoms with Gasteiger partial charge in [-0.25, -0.2) is 0 Å². The van der Waals surface area contributed by atoms with E-state index in [0.717, 1.165) is 25.7 Å². The standard InChI is InChI=1S/C17H20N2O5/c1-23-13-7-6-10(8-14(13)24-11-4-2-3-5-11)16(21)18-12-9-15(20)19-17(12)22/h6-8,11-12H,2-5,9H2,1H3,(H,18,21)(H,19,20,22)/t12-/m1/s1. The van der Waals surface area contributed by atoms with Gasteiger partial charge in [0.15, 0.2) is 11.5 Å². The average molecular weight is 332 g/mol. The van der Waals surface area contributed by atoms with Crippen molar-refractivity contribution in [2.24, 2.45) is 0 Å². The van der Waals surface area contributed by atoms with Crippen molar-refractivity contribution in [1.29, 1.82) is 0 Å². The van der Waals surface area contributed by atoms with Crippen LogP contribution in [0.3, 0.4) is 0 Å². The molecule has 1 atom stereocenters. The highest BCUT2D eigenvalue weighted by molar-refractivity contribution is 6.08. The predicted octanol–water partition coefficient (Wildman–Crippen LogP) is 1.16. The smallest absolute Gasteiger partial charge is 0.252 e. The number of ether oxygens (including phenoxy) is 2. The molecular weight excluding hydrogens is 312 g/mol. The number of benzene rings is 1. The fraction of sp³-hybridized carbons (Fsp3) is 0.471. The van der Waals surface area contributed by atoms with E-state index >= 15 is 0 Å². The summed E-state index contributed by atoms with van der Waals surface area (Å²) in [6.45, 7) is 0. The maximum absolute atomic E-state index is 12.3. The van der Waals surface area contributed by atoms with Crippen LogP contribution in [0.2, 0.25) is 0 Å². The molecule has 0 aromatic heterocycles. The number of methoxy groups -OCH3 is 1. The first kappa shape index (κ1) is 16.3. The third-order valence-electron chi connectivity index (χ3n) is 4.30. The third kappa shape index (κ3) is 3.50. The molecule has 0 spiro atoms. The molecule has 1 saturated carbocycles. The summed E-state index contributed by atoms with van der Waals surface area (Å²) in [7, 11) is 1.55. The van der Waals surface area contributed by atoms with Gasteiger partial charge >= 0.3 is 0 Å². The summed E-state index contributed by atoms with van der Waals surface area (Å²) in [4.78, 5) is 35.1. The van der Waals surface area contributed by atoms with Gasteiger partial charge in [-0.3, -0.25) is 19.7 Å². The van der Waals surface area contributed by atoms with Crippen molar-refractivity contribution in [3.8, 4) is 11.5 Å². The predicted molar refractivity (Wildman–Crippen MR) is 84.9 cm³/mol. The van der Waals surface area contributed by atoms with Gasteiger partial charge in [-0.2, -0.15) is 0 Å². The lowest BCUT2D eigenvalue weighted by Gasteiger charge is -2.17. The van der Waals surface area contributed by atoms with Gasteiger partial charge in [-0.1, -0.05) is 0 Å². The Morgan fingerprint density at radius 3 is 2.58 bits per heavy atom. The molecule has 24 heavy (non-hydrogen) atoms. The molecule has 1 saturated heterocycles. The second-order valence-corrected chi connectivity index (χ2v) is 6.03. The Bertz CT molecular complexity index is 667. The number of nitrogens with one attached hydrogen (secondary N) is 2. The van der Waals surface area contributed by atoms with Crippen LogP contribution >= 0.6 is 0 Å². The van der Waals surface area contributed by atoms with Crippen LogP contribution in [0.25, 0.3) is 0 Å². The first-order valence-electron chi connectivity index (χ1n) is 8.06. The van der Waals surface area contributed by atoms with Crippen LogP contribution in [-0.2, 0) is 9.59 Å². The number of rotatable bonds is 5. The normalized spacial score (nSPS) is 20.8. The van der Waals surface area contributed by atoms with Crippen molar-refractivity contribution >= 4 is 17.7 Å². The van der Waals surface area contributed by atoms with Gasteiger partial charge in [0.25, 0.3) is 5.91 Å². The quantitative estimate of drug-likeness (QED) is 0.789. The van der Waals surface area contributed by atoms with Crippen molar-refractivity contribution in [3.05, 3.63) is 23.8 Å². The highest BCUT2D eigenvalue weighted by Crippen LogP contribution is 2.32. The summed E-state index contributed by atoms with van der Waals surface area (Å²) in [6.07, 6.45) is 4.35. The fourth-order valence-electron chi connectivity index (χ4n) is 3.01. The van der Waals surface area contributed by atoms with E-state index in [-0.39, 0.29) is 18.4 Å². The fourth-order valence-corrected chi connectivity index (χ4v) is 3.01. The molecule has 2 fully saturated rings. The van der Waals surface area contributed by atoms with Gasteiger partial charge in [0.05, 0.1) is 19.6 Å². The number of amides is 3. The molecule has 7 heteroatoms. The van der Waals surface area contributed by atoms with Crippen LogP contribution in [0, 0.1) is 0 Å². The van der Waals surface area contributed by atoms with E-state index in [9.17, 15) is 14.4 Å². The summed E-state index contributed by atoms with van der Waals surface area (Å²) < 4.78 is 11.2. The molecule has 0 unspecified atom stereocenters. The molecule has 7 nitrogen and oxygen atoms in total. The van der Waals surface area contributed by atoms with Crippen LogP contribution in [0.5, 0.6) is 11.5 Å². The van der Waals surface area contributed by atoms with Crippen molar-refractivity contribution in [3.63, 3.8) is 0 Å². The molecule has 3 amide bonds. The summed E-state index contributed by atoms with van der Waals surface area (Å²) in [5.74, 6) is -0.213. The van der Waals surface area contributed by atoms with Gasteiger partial charge in [0.2, 0.25) is 11.8 Å². The Labute approximate surface area is 139 Å². The number of hydrogen-bond acceptors (Lipinski definition) is 5. The molecule has 1 aliphatic carbocycles. The minimum atomic E-state index is -0.827. The number of hydrogen-bond donors (Lipinski definition) is 2. The van der Waals surface area contributed by atoms with E-state index in [2.05, 4.69) is 10.6 Å². The second-order valence-electron chi connectivity index (χ2n) is 6.03. The van der Waals surface area contributed by atoms with E-state index in [1.54, 1.807) is 25.3 Å². The molecule has 2 N–H and O–H groups in total. The van der Waals surface area contributed by atoms with Crippen molar-refractivity contribution in [2.75, 3.05) is 7.11 Å². The second kappa shape index (κ2) is 6.90. The topological polar surface area (TPSA) is 93.7 Å². The summed E-state index contributed by atoms with van der Waals surface area (Å²) in [6, 6.07) is 4.05. The van der Waals surface area contributed by atoms with Gasteiger partial charge < -0.3 is 14.8 Å². The van der Waals surface area contributed by atoms with Crippen LogP contribution in [0.1, 0.15) is 42.5 Å². The van der Waals surface area contributed by atoms with Crippen molar-refractivity contribution < 1.29 is 23.9 Å². The molecule has 128 valence electrons. The number of carbonyl (C=O) groups is 3. The van der Waals surface area contributed by atoms with E-state index in [4.69, 9.17) is 9.47 Å². The lowest BCUT2D eigenvalue weighted by molar-refractivity contribution is -0.125. The first-order valence-corrected chi connectivity index (χ1v) is 8.06. The molecule has 0 radical (unpaired) electrons. The molecule has 1 aliphatic heterocycles. The van der Waals surface area contributed by atoms with Gasteiger partial charge in [0.1, 0.15) is 6.04 Å². The lowest BCUT2D eigenvalue weighted by atomic mass is 10.1. The number of imide groups is 1. The van der Waals surface area contributed by atoms with E-state index < -0.39 is 17.9 Å². The Morgan fingerprint density at radius 1 is 1.21 bits per heavy atom. The van der Waals surface area contributed by atoms with Crippen molar-refractivity contribution in [1.82, 2.24) is 10.6 Å². The zero-order valence-corrected chi connectivity index (χ0v) is 13.5. The maximum atomic E-state index is 12.3. The summed E-state index contributed by atoms with van der Waals surface area (Å²) in [5.41, 5.74) is 0.357. The molecular formula is C17H20N2O5. The Hall–Kier alpha value is -2.57. The van der Waals surface area contributed by atoms with Crippen LogP contribution in [-0.4, -0.2) is 37.0 Å². The molecule has 2 aliphatic rings. The van der Waals surface area contributed by atoms with E-state index in [0.29, 0.717) is 17.1 Å². The number of carbonyl (C=O) groups excluding carboxylic acids is 3. The van der Waals surface area contributed by atoms with Gasteiger partial charge in [-0.15, -0.1) is 0 Å². The Balaban J connectivity index is 1.73. The van der Waals surface area contributed by atoms with Crippen LogP contribution < -0.4 is 20.1 Å². The SMILES string of the molecule is COc1ccc(C(=O)N[C@@H]2CC(=O)NC2=O)cc1OC1CCCC1. The monoisotopic (exact) mass is 332 g/mol. The highest BCUT2D eigenvalue weighted by atomic mass is 16.5. The summed E-state index contributed by atoms with van der Waals surface area (Å²) >= 11 is 0. The van der Waals surface area contributed by atoms with E-state index in [1.807, 2.05) is 0 Å². The lowest BCUT2D eigenvalue weighted by Crippen LogP contribution is -2.40. The van der Waals surface area contributed by atoms with Crippen LogP contribution in [0.4, 0.5) is 0 Å². The van der Waals surface area contributed by atoms with E-state index in [1.165, 1.54) is 0 Å². The minimum Gasteiger partial charge on any atom is -0.493 e. The molecule has 1 aromatic carbocycles. The summed E-state index contributed by atoms with van der Waals surface area (Å²) in [5, 5.41) is 4.73. The third-order valence-corrected chi connectivity index (χ3v) is 4.30. The largest absolute Gasteiger partial charge is 0.493 e.